The Labute approximate surface area is 121 Å². The number of fused-ring (bicyclic) bond motifs is 1. The second kappa shape index (κ2) is 5.16. The van der Waals surface area contributed by atoms with Gasteiger partial charge >= 0.3 is 5.97 Å². The van der Waals surface area contributed by atoms with Crippen LogP contribution in [-0.2, 0) is 11.8 Å². The lowest BCUT2D eigenvalue weighted by Crippen LogP contribution is -2.47. The second-order valence-electron chi connectivity index (χ2n) is 5.26. The van der Waals surface area contributed by atoms with Crippen LogP contribution in [0.2, 0.25) is 0 Å². The molecule has 0 bridgehead atoms. The molecule has 0 saturated carbocycles. The van der Waals surface area contributed by atoms with Crippen molar-refractivity contribution in [3.05, 3.63) is 23.8 Å². The summed E-state index contributed by atoms with van der Waals surface area (Å²) in [6, 6.07) is 4.39. The summed E-state index contributed by atoms with van der Waals surface area (Å²) in [5.74, 6) is -1.18. The number of aromatic nitrogens is 3. The Hall–Kier alpha value is -2.44. The third-order valence-electron chi connectivity index (χ3n) is 3.91. The van der Waals surface area contributed by atoms with Gasteiger partial charge in [0.1, 0.15) is 11.6 Å². The average Bonchev–Trinajstić information content (AvgIpc) is 2.87. The molecule has 0 aliphatic carbocycles. The molecule has 3 rings (SSSR count). The molecule has 2 aromatic rings. The van der Waals surface area contributed by atoms with E-state index in [0.29, 0.717) is 24.0 Å². The zero-order valence-corrected chi connectivity index (χ0v) is 11.7. The van der Waals surface area contributed by atoms with Crippen LogP contribution in [0.5, 0.6) is 0 Å². The van der Waals surface area contributed by atoms with Crippen molar-refractivity contribution in [3.63, 3.8) is 0 Å². The maximum Gasteiger partial charge on any atom is 0.326 e. The summed E-state index contributed by atoms with van der Waals surface area (Å²) in [5, 5.41) is 17.1. The highest BCUT2D eigenvalue weighted by Gasteiger charge is 2.32. The maximum absolute atomic E-state index is 12.6. The molecule has 110 valence electrons. The molecular formula is C14H16N4O3. The molecule has 1 aromatic carbocycles. The summed E-state index contributed by atoms with van der Waals surface area (Å²) in [5.41, 5.74) is 1.94. The van der Waals surface area contributed by atoms with Crippen LogP contribution in [0, 0.1) is 0 Å². The van der Waals surface area contributed by atoms with Crippen molar-refractivity contribution in [1.29, 1.82) is 0 Å². The molecule has 1 fully saturated rings. The van der Waals surface area contributed by atoms with Crippen molar-refractivity contribution in [2.45, 2.75) is 25.3 Å². The number of carboxylic acid groups (broad SMARTS) is 1. The van der Waals surface area contributed by atoms with E-state index in [4.69, 9.17) is 0 Å². The minimum atomic E-state index is -0.939. The van der Waals surface area contributed by atoms with Crippen molar-refractivity contribution in [2.24, 2.45) is 7.05 Å². The fraction of sp³-hybridized carbons (Fsp3) is 0.429. The monoisotopic (exact) mass is 288 g/mol. The SMILES string of the molecule is Cn1nnc2ccc(C(=O)N3CCCCC3C(=O)O)cc21. The number of aryl methyl sites for hydroxylation is 1. The zero-order chi connectivity index (χ0) is 15.0. The summed E-state index contributed by atoms with van der Waals surface area (Å²) in [6.07, 6.45) is 2.19. The molecule has 1 atom stereocenters. The Bertz CT molecular complexity index is 709. The molecule has 0 spiro atoms. The molecule has 0 radical (unpaired) electrons. The minimum absolute atomic E-state index is 0.245. The summed E-state index contributed by atoms with van der Waals surface area (Å²) < 4.78 is 1.59. The number of nitrogens with zero attached hydrogens (tertiary/aromatic N) is 4. The number of amides is 1. The zero-order valence-electron chi connectivity index (χ0n) is 11.7. The van der Waals surface area contributed by atoms with E-state index in [-0.39, 0.29) is 5.91 Å². The van der Waals surface area contributed by atoms with Gasteiger partial charge in [-0.15, -0.1) is 5.10 Å². The lowest BCUT2D eigenvalue weighted by Gasteiger charge is -2.33. The van der Waals surface area contributed by atoms with Crippen LogP contribution in [-0.4, -0.2) is 49.5 Å². The van der Waals surface area contributed by atoms with Crippen LogP contribution < -0.4 is 0 Å². The van der Waals surface area contributed by atoms with E-state index in [9.17, 15) is 14.7 Å². The van der Waals surface area contributed by atoms with E-state index < -0.39 is 12.0 Å². The second-order valence-corrected chi connectivity index (χ2v) is 5.26. The number of benzene rings is 1. The number of carbonyl (C=O) groups excluding carboxylic acids is 1. The first kappa shape index (κ1) is 13.5. The van der Waals surface area contributed by atoms with Crippen LogP contribution in [0.3, 0.4) is 0 Å². The van der Waals surface area contributed by atoms with E-state index in [2.05, 4.69) is 10.3 Å². The number of hydrogen-bond donors (Lipinski definition) is 1. The normalized spacial score (nSPS) is 18.9. The number of likely N-dealkylation sites (tertiary alicyclic amines) is 1. The Kier molecular flexibility index (Phi) is 3.32. The molecule has 21 heavy (non-hydrogen) atoms. The standard InChI is InChI=1S/C14H16N4O3/c1-17-12-8-9(5-6-10(12)15-16-17)13(19)18-7-3-2-4-11(18)14(20)21/h5-6,8,11H,2-4,7H2,1H3,(H,20,21). The van der Waals surface area contributed by atoms with Gasteiger partial charge in [0.15, 0.2) is 0 Å². The number of hydrogen-bond acceptors (Lipinski definition) is 4. The first-order valence-electron chi connectivity index (χ1n) is 6.91. The maximum atomic E-state index is 12.6. The third kappa shape index (κ3) is 2.35. The Morgan fingerprint density at radius 1 is 1.33 bits per heavy atom. The molecule has 1 N–H and O–H groups in total. The van der Waals surface area contributed by atoms with Gasteiger partial charge in [-0.25, -0.2) is 9.48 Å². The topological polar surface area (TPSA) is 88.3 Å². The van der Waals surface area contributed by atoms with Crippen LogP contribution >= 0.6 is 0 Å². The predicted molar refractivity (Wildman–Crippen MR) is 74.8 cm³/mol. The molecule has 1 amide bonds. The van der Waals surface area contributed by atoms with Gasteiger partial charge in [-0.1, -0.05) is 5.21 Å². The van der Waals surface area contributed by atoms with E-state index in [1.54, 1.807) is 29.9 Å². The van der Waals surface area contributed by atoms with Crippen molar-refractivity contribution < 1.29 is 14.7 Å². The summed E-state index contributed by atoms with van der Waals surface area (Å²) in [4.78, 5) is 25.4. The van der Waals surface area contributed by atoms with Gasteiger partial charge in [0.25, 0.3) is 5.91 Å². The molecule has 1 aromatic heterocycles. The number of carboxylic acids is 1. The highest BCUT2D eigenvalue weighted by atomic mass is 16.4. The Balaban J connectivity index is 1.94. The molecule has 1 aliphatic rings. The number of aliphatic carboxylic acids is 1. The average molecular weight is 288 g/mol. The van der Waals surface area contributed by atoms with Crippen LogP contribution in [0.15, 0.2) is 18.2 Å². The molecular weight excluding hydrogens is 272 g/mol. The lowest BCUT2D eigenvalue weighted by molar-refractivity contribution is -0.143. The molecule has 7 nitrogen and oxygen atoms in total. The van der Waals surface area contributed by atoms with E-state index in [1.165, 1.54) is 4.90 Å². The van der Waals surface area contributed by atoms with Gasteiger partial charge < -0.3 is 10.0 Å². The van der Waals surface area contributed by atoms with Gasteiger partial charge in [0.05, 0.1) is 5.52 Å². The van der Waals surface area contributed by atoms with Crippen molar-refractivity contribution in [3.8, 4) is 0 Å². The first-order chi connectivity index (χ1) is 10.1. The van der Waals surface area contributed by atoms with Gasteiger partial charge in [-0.3, -0.25) is 4.79 Å². The fourth-order valence-corrected chi connectivity index (χ4v) is 2.76. The molecule has 2 heterocycles. The molecule has 1 unspecified atom stereocenters. The van der Waals surface area contributed by atoms with E-state index >= 15 is 0 Å². The summed E-state index contributed by atoms with van der Waals surface area (Å²) in [7, 11) is 1.75. The van der Waals surface area contributed by atoms with Gasteiger partial charge in [-0.05, 0) is 37.5 Å². The van der Waals surface area contributed by atoms with E-state index in [0.717, 1.165) is 18.4 Å². The third-order valence-corrected chi connectivity index (χ3v) is 3.91. The quantitative estimate of drug-likeness (QED) is 0.892. The fourth-order valence-electron chi connectivity index (χ4n) is 2.76. The minimum Gasteiger partial charge on any atom is -0.480 e. The molecule has 1 saturated heterocycles. The molecule has 1 aliphatic heterocycles. The van der Waals surface area contributed by atoms with Crippen LogP contribution in [0.25, 0.3) is 11.0 Å². The predicted octanol–water partition coefficient (Wildman–Crippen LogP) is 1.05. The Morgan fingerprint density at radius 3 is 2.90 bits per heavy atom. The van der Waals surface area contributed by atoms with Crippen LogP contribution in [0.1, 0.15) is 29.6 Å². The highest BCUT2D eigenvalue weighted by molar-refractivity contribution is 5.99. The smallest absolute Gasteiger partial charge is 0.326 e. The molecule has 7 heteroatoms. The number of carbonyl (C=O) groups is 2. The number of piperidine rings is 1. The summed E-state index contributed by atoms with van der Waals surface area (Å²) >= 11 is 0. The largest absolute Gasteiger partial charge is 0.480 e. The lowest BCUT2D eigenvalue weighted by atomic mass is 10.0. The van der Waals surface area contributed by atoms with Crippen molar-refractivity contribution >= 4 is 22.9 Å². The summed E-state index contributed by atoms with van der Waals surface area (Å²) in [6.45, 7) is 0.484. The van der Waals surface area contributed by atoms with Crippen molar-refractivity contribution in [1.82, 2.24) is 19.9 Å². The van der Waals surface area contributed by atoms with Gasteiger partial charge in [0.2, 0.25) is 0 Å². The van der Waals surface area contributed by atoms with E-state index in [1.807, 2.05) is 0 Å². The first-order valence-corrected chi connectivity index (χ1v) is 6.91. The van der Waals surface area contributed by atoms with Crippen molar-refractivity contribution in [2.75, 3.05) is 6.54 Å². The number of rotatable bonds is 2. The van der Waals surface area contributed by atoms with Crippen LogP contribution in [0.4, 0.5) is 0 Å². The highest BCUT2D eigenvalue weighted by Crippen LogP contribution is 2.21. The van der Waals surface area contributed by atoms with Gasteiger partial charge in [-0.2, -0.15) is 0 Å². The van der Waals surface area contributed by atoms with Gasteiger partial charge in [0, 0.05) is 19.2 Å². The Morgan fingerprint density at radius 2 is 2.14 bits per heavy atom.